The van der Waals surface area contributed by atoms with Crippen molar-refractivity contribution in [2.45, 2.75) is 11.8 Å². The molecule has 0 saturated carbocycles. The summed E-state index contributed by atoms with van der Waals surface area (Å²) in [5.74, 6) is -1.36. The molecule has 30 heavy (non-hydrogen) atoms. The maximum Gasteiger partial charge on any atom is 0.335 e. The lowest BCUT2D eigenvalue weighted by molar-refractivity contribution is -0.113. The second kappa shape index (κ2) is 9.76. The summed E-state index contributed by atoms with van der Waals surface area (Å²) in [5, 5.41) is 14.6. The number of thioether (sulfide) groups is 1. The van der Waals surface area contributed by atoms with Crippen molar-refractivity contribution in [3.63, 3.8) is 0 Å². The van der Waals surface area contributed by atoms with E-state index in [1.165, 1.54) is 23.9 Å². The largest absolute Gasteiger partial charge is 0.478 e. The minimum Gasteiger partial charge on any atom is -0.478 e. The fraction of sp³-hybridized carbons (Fsp3) is 0.0870. The van der Waals surface area contributed by atoms with Crippen molar-refractivity contribution >= 4 is 40.9 Å². The lowest BCUT2D eigenvalue weighted by Gasteiger charge is -2.09. The maximum absolute atomic E-state index is 12.4. The van der Waals surface area contributed by atoms with Crippen LogP contribution in [0.4, 0.5) is 11.4 Å². The summed E-state index contributed by atoms with van der Waals surface area (Å²) < 4.78 is 0. The number of anilines is 2. The zero-order valence-electron chi connectivity index (χ0n) is 16.2. The van der Waals surface area contributed by atoms with E-state index in [4.69, 9.17) is 5.11 Å². The summed E-state index contributed by atoms with van der Waals surface area (Å²) >= 11 is 1.32. The number of nitrogens with one attached hydrogen (secondary N) is 2. The quantitative estimate of drug-likeness (QED) is 0.483. The fourth-order valence-electron chi connectivity index (χ4n) is 2.65. The summed E-state index contributed by atoms with van der Waals surface area (Å²) in [5.41, 5.74) is 2.83. The van der Waals surface area contributed by atoms with Gasteiger partial charge in [-0.3, -0.25) is 9.59 Å². The molecule has 6 nitrogen and oxygen atoms in total. The smallest absolute Gasteiger partial charge is 0.335 e. The SMILES string of the molecule is Cc1ccc(C(=O)Nc2cccc(SCC(=O)Nc3cccc(C(=O)O)c3)c2)cc1. The van der Waals surface area contributed by atoms with E-state index < -0.39 is 5.97 Å². The Morgan fingerprint density at radius 2 is 1.50 bits per heavy atom. The van der Waals surface area contributed by atoms with Gasteiger partial charge in [-0.05, 0) is 55.5 Å². The van der Waals surface area contributed by atoms with Crippen LogP contribution in [0.1, 0.15) is 26.3 Å². The van der Waals surface area contributed by atoms with Gasteiger partial charge in [-0.1, -0.05) is 29.8 Å². The Hall–Kier alpha value is -3.58. The Morgan fingerprint density at radius 3 is 2.20 bits per heavy atom. The molecular weight excluding hydrogens is 400 g/mol. The van der Waals surface area contributed by atoms with E-state index in [9.17, 15) is 14.4 Å². The Kier molecular flexibility index (Phi) is 6.87. The van der Waals surface area contributed by atoms with Crippen molar-refractivity contribution in [3.8, 4) is 0 Å². The number of hydrogen-bond acceptors (Lipinski definition) is 4. The number of amides is 2. The molecule has 3 rings (SSSR count). The summed E-state index contributed by atoms with van der Waals surface area (Å²) in [6.07, 6.45) is 0. The van der Waals surface area contributed by atoms with Crippen LogP contribution in [-0.2, 0) is 4.79 Å². The van der Waals surface area contributed by atoms with Crippen LogP contribution in [0.25, 0.3) is 0 Å². The molecule has 152 valence electrons. The van der Waals surface area contributed by atoms with Gasteiger partial charge in [0.05, 0.1) is 11.3 Å². The summed E-state index contributed by atoms with van der Waals surface area (Å²) in [6, 6.07) is 20.6. The van der Waals surface area contributed by atoms with E-state index in [2.05, 4.69) is 10.6 Å². The standard InChI is InChI=1S/C23H20N2O4S/c1-15-8-10-16(11-9-15)22(27)25-19-6-3-7-20(13-19)30-14-21(26)24-18-5-2-4-17(12-18)23(28)29/h2-13H,14H2,1H3,(H,24,26)(H,25,27)(H,28,29). The first-order valence-corrected chi connectivity index (χ1v) is 10.1. The highest BCUT2D eigenvalue weighted by atomic mass is 32.2. The molecule has 3 N–H and O–H groups in total. The predicted octanol–water partition coefficient (Wildman–Crippen LogP) is 4.68. The highest BCUT2D eigenvalue weighted by Gasteiger charge is 2.09. The predicted molar refractivity (Wildman–Crippen MR) is 118 cm³/mol. The number of aryl methyl sites for hydroxylation is 1. The van der Waals surface area contributed by atoms with Gasteiger partial charge < -0.3 is 15.7 Å². The average molecular weight is 420 g/mol. The number of aromatic carboxylic acids is 1. The lowest BCUT2D eigenvalue weighted by atomic mass is 10.1. The molecule has 0 aliphatic carbocycles. The van der Waals surface area contributed by atoms with Gasteiger partial charge in [-0.15, -0.1) is 11.8 Å². The molecule has 0 radical (unpaired) electrons. The topological polar surface area (TPSA) is 95.5 Å². The van der Waals surface area contributed by atoms with E-state index in [-0.39, 0.29) is 23.1 Å². The van der Waals surface area contributed by atoms with Crippen LogP contribution in [0.2, 0.25) is 0 Å². The fourth-order valence-corrected chi connectivity index (χ4v) is 3.40. The van der Waals surface area contributed by atoms with Gasteiger partial charge >= 0.3 is 5.97 Å². The Bertz CT molecular complexity index is 1080. The van der Waals surface area contributed by atoms with Crippen LogP contribution in [0.5, 0.6) is 0 Å². The zero-order chi connectivity index (χ0) is 21.5. The van der Waals surface area contributed by atoms with Gasteiger partial charge in [0.2, 0.25) is 5.91 Å². The van der Waals surface area contributed by atoms with Crippen LogP contribution in [0.15, 0.2) is 77.7 Å². The van der Waals surface area contributed by atoms with Crippen molar-refractivity contribution in [2.75, 3.05) is 16.4 Å². The Balaban J connectivity index is 1.56. The van der Waals surface area contributed by atoms with Gasteiger partial charge in [0, 0.05) is 21.8 Å². The molecule has 0 aliphatic heterocycles. The Labute approximate surface area is 178 Å². The van der Waals surface area contributed by atoms with Crippen LogP contribution >= 0.6 is 11.8 Å². The van der Waals surface area contributed by atoms with Crippen molar-refractivity contribution in [1.29, 1.82) is 0 Å². The number of carboxylic acid groups (broad SMARTS) is 1. The molecule has 0 aromatic heterocycles. The monoisotopic (exact) mass is 420 g/mol. The molecule has 0 fully saturated rings. The first kappa shape index (κ1) is 21.1. The highest BCUT2D eigenvalue weighted by Crippen LogP contribution is 2.22. The van der Waals surface area contributed by atoms with Crippen molar-refractivity contribution in [2.24, 2.45) is 0 Å². The van der Waals surface area contributed by atoms with Gasteiger partial charge in [-0.25, -0.2) is 4.79 Å². The van der Waals surface area contributed by atoms with E-state index in [0.29, 0.717) is 16.9 Å². The zero-order valence-corrected chi connectivity index (χ0v) is 17.0. The third-order valence-corrected chi connectivity index (χ3v) is 5.16. The molecule has 0 saturated heterocycles. The van der Waals surface area contributed by atoms with Gasteiger partial charge in [-0.2, -0.15) is 0 Å². The van der Waals surface area contributed by atoms with Gasteiger partial charge in [0.15, 0.2) is 0 Å². The molecule has 3 aromatic rings. The average Bonchev–Trinajstić information content (AvgIpc) is 2.73. The van der Waals surface area contributed by atoms with E-state index in [1.54, 1.807) is 42.5 Å². The third-order valence-electron chi connectivity index (χ3n) is 4.17. The number of carbonyl (C=O) groups is 3. The summed E-state index contributed by atoms with van der Waals surface area (Å²) in [6.45, 7) is 1.96. The molecule has 0 bridgehead atoms. The van der Waals surface area contributed by atoms with Crippen LogP contribution < -0.4 is 10.6 Å². The van der Waals surface area contributed by atoms with Crippen LogP contribution in [0.3, 0.4) is 0 Å². The molecule has 2 amide bonds. The second-order valence-corrected chi connectivity index (χ2v) is 7.62. The van der Waals surface area contributed by atoms with Gasteiger partial charge in [0.1, 0.15) is 0 Å². The number of carbonyl (C=O) groups excluding carboxylic acids is 2. The Morgan fingerprint density at radius 1 is 0.833 bits per heavy atom. The molecular formula is C23H20N2O4S. The minimum atomic E-state index is -1.05. The highest BCUT2D eigenvalue weighted by molar-refractivity contribution is 8.00. The molecule has 3 aromatic carbocycles. The number of carboxylic acids is 1. The summed E-state index contributed by atoms with van der Waals surface area (Å²) in [4.78, 5) is 36.4. The molecule has 0 unspecified atom stereocenters. The molecule has 0 atom stereocenters. The molecule has 0 aliphatic rings. The van der Waals surface area contributed by atoms with E-state index >= 15 is 0 Å². The lowest BCUT2D eigenvalue weighted by Crippen LogP contribution is -2.14. The normalized spacial score (nSPS) is 10.3. The van der Waals surface area contributed by atoms with Crippen molar-refractivity contribution in [1.82, 2.24) is 0 Å². The third kappa shape index (κ3) is 5.96. The molecule has 0 spiro atoms. The van der Waals surface area contributed by atoms with Crippen LogP contribution in [-0.4, -0.2) is 28.6 Å². The van der Waals surface area contributed by atoms with Crippen molar-refractivity contribution < 1.29 is 19.5 Å². The van der Waals surface area contributed by atoms with Gasteiger partial charge in [0.25, 0.3) is 5.91 Å². The first-order valence-electron chi connectivity index (χ1n) is 9.15. The number of rotatable bonds is 7. The number of benzene rings is 3. The minimum absolute atomic E-state index is 0.109. The maximum atomic E-state index is 12.4. The second-order valence-electron chi connectivity index (χ2n) is 6.57. The first-order chi connectivity index (χ1) is 14.4. The van der Waals surface area contributed by atoms with Crippen LogP contribution in [0, 0.1) is 6.92 Å². The molecule has 0 heterocycles. The van der Waals surface area contributed by atoms with Crippen molar-refractivity contribution in [3.05, 3.63) is 89.5 Å². The van der Waals surface area contributed by atoms with E-state index in [0.717, 1.165) is 10.5 Å². The summed E-state index contributed by atoms with van der Waals surface area (Å²) in [7, 11) is 0. The van der Waals surface area contributed by atoms with E-state index in [1.807, 2.05) is 25.1 Å². The number of hydrogen-bond donors (Lipinski definition) is 3. The molecule has 7 heteroatoms.